The lowest BCUT2D eigenvalue weighted by Crippen LogP contribution is -2.04. The summed E-state index contributed by atoms with van der Waals surface area (Å²) in [6.07, 6.45) is 25.7. The van der Waals surface area contributed by atoms with Gasteiger partial charge in [0.05, 0.1) is 6.61 Å². The minimum absolute atomic E-state index is 0.318. The maximum atomic E-state index is 5.75. The smallest absolute Gasteiger partial charge is 0.119 e. The highest BCUT2D eigenvalue weighted by Crippen LogP contribution is 2.17. The molecular weight excluding hydrogens is 356 g/mol. The average molecular weight is 401 g/mol. The quantitative estimate of drug-likeness (QED) is 0.133. The Morgan fingerprint density at radius 3 is 2.10 bits per heavy atom. The topological polar surface area (TPSA) is 21.8 Å². The van der Waals surface area contributed by atoms with Gasteiger partial charge in [-0.05, 0) is 37.0 Å². The van der Waals surface area contributed by atoms with Gasteiger partial charge in [0.25, 0.3) is 0 Å². The monoisotopic (exact) mass is 400 g/mol. The standard InChI is InChI=1S/C27H44O2/c1-2-3-4-5-6-7-8-9-10-11-12-13-14-15-16-17-19-25-20-18-21-26(22-25)28-23-27-24-29-27/h16-18,20-22,27H,2-15,19,23-24H2,1H3/b17-16+. The fourth-order valence-electron chi connectivity index (χ4n) is 3.73. The second-order valence-electron chi connectivity index (χ2n) is 8.62. The summed E-state index contributed by atoms with van der Waals surface area (Å²) < 4.78 is 10.9. The lowest BCUT2D eigenvalue weighted by atomic mass is 10.0. The minimum atomic E-state index is 0.318. The summed E-state index contributed by atoms with van der Waals surface area (Å²) in [7, 11) is 0. The van der Waals surface area contributed by atoms with Crippen LogP contribution < -0.4 is 4.74 Å². The van der Waals surface area contributed by atoms with Gasteiger partial charge in [0.15, 0.2) is 0 Å². The van der Waals surface area contributed by atoms with E-state index in [9.17, 15) is 0 Å². The van der Waals surface area contributed by atoms with Crippen LogP contribution in [0.2, 0.25) is 0 Å². The Kier molecular flexibility index (Phi) is 13.7. The molecule has 0 saturated carbocycles. The molecular formula is C27H44O2. The zero-order valence-corrected chi connectivity index (χ0v) is 18.9. The van der Waals surface area contributed by atoms with Crippen molar-refractivity contribution in [3.05, 3.63) is 42.0 Å². The molecule has 1 saturated heterocycles. The predicted octanol–water partition coefficient (Wildman–Crippen LogP) is 8.04. The molecule has 0 spiro atoms. The van der Waals surface area contributed by atoms with Crippen LogP contribution in [0.15, 0.2) is 36.4 Å². The molecule has 164 valence electrons. The first-order valence-corrected chi connectivity index (χ1v) is 12.4. The number of unbranched alkanes of at least 4 members (excludes halogenated alkanes) is 13. The number of hydrogen-bond donors (Lipinski definition) is 0. The van der Waals surface area contributed by atoms with E-state index in [2.05, 4.69) is 37.3 Å². The van der Waals surface area contributed by atoms with Crippen LogP contribution in [-0.4, -0.2) is 19.3 Å². The third kappa shape index (κ3) is 13.5. The van der Waals surface area contributed by atoms with E-state index in [1.54, 1.807) is 0 Å². The molecule has 1 aliphatic rings. The van der Waals surface area contributed by atoms with Crippen LogP contribution in [0.4, 0.5) is 0 Å². The van der Waals surface area contributed by atoms with E-state index < -0.39 is 0 Å². The molecule has 1 fully saturated rings. The van der Waals surface area contributed by atoms with Crippen molar-refractivity contribution in [3.8, 4) is 5.75 Å². The summed E-state index contributed by atoms with van der Waals surface area (Å²) in [5, 5.41) is 0. The Morgan fingerprint density at radius 1 is 0.862 bits per heavy atom. The summed E-state index contributed by atoms with van der Waals surface area (Å²) in [5.41, 5.74) is 1.32. The van der Waals surface area contributed by atoms with Gasteiger partial charge in [-0.1, -0.05) is 108 Å². The van der Waals surface area contributed by atoms with E-state index in [0.29, 0.717) is 12.7 Å². The Morgan fingerprint density at radius 2 is 1.48 bits per heavy atom. The Labute approximate surface area is 180 Å². The van der Waals surface area contributed by atoms with Gasteiger partial charge in [0.2, 0.25) is 0 Å². The summed E-state index contributed by atoms with van der Waals surface area (Å²) in [6, 6.07) is 8.44. The summed E-state index contributed by atoms with van der Waals surface area (Å²) in [6.45, 7) is 3.82. The molecule has 1 aromatic carbocycles. The number of rotatable bonds is 19. The second-order valence-corrected chi connectivity index (χ2v) is 8.62. The molecule has 1 atom stereocenters. The minimum Gasteiger partial charge on any atom is -0.491 e. The summed E-state index contributed by atoms with van der Waals surface area (Å²) in [5.74, 6) is 0.961. The van der Waals surface area contributed by atoms with Crippen molar-refractivity contribution in [2.75, 3.05) is 13.2 Å². The first-order valence-electron chi connectivity index (χ1n) is 12.4. The van der Waals surface area contributed by atoms with Gasteiger partial charge in [-0.3, -0.25) is 0 Å². The highest BCUT2D eigenvalue weighted by atomic mass is 16.6. The van der Waals surface area contributed by atoms with E-state index in [-0.39, 0.29) is 0 Å². The molecule has 0 bridgehead atoms. The molecule has 0 N–H and O–H groups in total. The number of benzene rings is 1. The molecule has 0 aromatic heterocycles. The van der Waals surface area contributed by atoms with Crippen LogP contribution in [0.1, 0.15) is 102 Å². The number of hydrogen-bond acceptors (Lipinski definition) is 2. The van der Waals surface area contributed by atoms with E-state index in [1.165, 1.54) is 95.5 Å². The molecule has 1 aromatic rings. The first kappa shape index (κ1) is 24.0. The normalized spacial score (nSPS) is 15.8. The van der Waals surface area contributed by atoms with Gasteiger partial charge in [-0.2, -0.15) is 0 Å². The second kappa shape index (κ2) is 16.5. The van der Waals surface area contributed by atoms with E-state index in [0.717, 1.165) is 18.8 Å². The van der Waals surface area contributed by atoms with Crippen LogP contribution in [0, 0.1) is 0 Å². The third-order valence-corrected chi connectivity index (χ3v) is 5.73. The van der Waals surface area contributed by atoms with Crippen molar-refractivity contribution >= 4 is 0 Å². The molecule has 2 nitrogen and oxygen atoms in total. The first-order chi connectivity index (χ1) is 14.4. The van der Waals surface area contributed by atoms with E-state index in [4.69, 9.17) is 9.47 Å². The lowest BCUT2D eigenvalue weighted by Gasteiger charge is -2.05. The molecule has 0 radical (unpaired) electrons. The molecule has 0 aliphatic carbocycles. The van der Waals surface area contributed by atoms with Crippen LogP contribution in [0.25, 0.3) is 0 Å². The van der Waals surface area contributed by atoms with Crippen LogP contribution >= 0.6 is 0 Å². The molecule has 1 heterocycles. The molecule has 2 rings (SSSR count). The largest absolute Gasteiger partial charge is 0.491 e. The number of ether oxygens (including phenoxy) is 2. The van der Waals surface area contributed by atoms with Crippen molar-refractivity contribution < 1.29 is 9.47 Å². The lowest BCUT2D eigenvalue weighted by molar-refractivity contribution is 0.263. The third-order valence-electron chi connectivity index (χ3n) is 5.73. The highest BCUT2D eigenvalue weighted by Gasteiger charge is 2.22. The van der Waals surface area contributed by atoms with Gasteiger partial charge >= 0.3 is 0 Å². The Balaban J connectivity index is 1.36. The van der Waals surface area contributed by atoms with Gasteiger partial charge in [-0.15, -0.1) is 0 Å². The predicted molar refractivity (Wildman–Crippen MR) is 125 cm³/mol. The van der Waals surface area contributed by atoms with Gasteiger partial charge in [-0.25, -0.2) is 0 Å². The van der Waals surface area contributed by atoms with Gasteiger partial charge < -0.3 is 9.47 Å². The maximum absolute atomic E-state index is 5.75. The molecule has 29 heavy (non-hydrogen) atoms. The maximum Gasteiger partial charge on any atom is 0.119 e. The van der Waals surface area contributed by atoms with Gasteiger partial charge in [0.1, 0.15) is 18.5 Å². The fraction of sp³-hybridized carbons (Fsp3) is 0.704. The van der Waals surface area contributed by atoms with E-state index in [1.807, 2.05) is 6.07 Å². The van der Waals surface area contributed by atoms with Crippen LogP contribution in [0.3, 0.4) is 0 Å². The fourth-order valence-corrected chi connectivity index (χ4v) is 3.73. The van der Waals surface area contributed by atoms with E-state index >= 15 is 0 Å². The Hall–Kier alpha value is -1.28. The number of epoxide rings is 1. The van der Waals surface area contributed by atoms with Crippen molar-refractivity contribution in [1.29, 1.82) is 0 Å². The SMILES string of the molecule is CCCCCCCCCCCCCCC/C=C/Cc1cccc(OCC2CO2)c1. The van der Waals surface area contributed by atoms with Crippen molar-refractivity contribution in [1.82, 2.24) is 0 Å². The molecule has 1 aliphatic heterocycles. The van der Waals surface area contributed by atoms with Gasteiger partial charge in [0, 0.05) is 0 Å². The van der Waals surface area contributed by atoms with Crippen molar-refractivity contribution in [2.45, 2.75) is 109 Å². The zero-order chi connectivity index (χ0) is 20.4. The van der Waals surface area contributed by atoms with Crippen LogP contribution in [-0.2, 0) is 11.2 Å². The molecule has 0 amide bonds. The zero-order valence-electron chi connectivity index (χ0n) is 18.9. The van der Waals surface area contributed by atoms with Crippen molar-refractivity contribution in [2.24, 2.45) is 0 Å². The Bertz CT molecular complexity index is 533. The summed E-state index contributed by atoms with van der Waals surface area (Å²) >= 11 is 0. The summed E-state index contributed by atoms with van der Waals surface area (Å²) in [4.78, 5) is 0. The average Bonchev–Trinajstić information content (AvgIpc) is 3.57. The molecule has 1 unspecified atom stereocenters. The van der Waals surface area contributed by atoms with Crippen molar-refractivity contribution in [3.63, 3.8) is 0 Å². The highest BCUT2D eigenvalue weighted by molar-refractivity contribution is 5.29. The number of allylic oxidation sites excluding steroid dienone is 2. The van der Waals surface area contributed by atoms with Crippen LogP contribution in [0.5, 0.6) is 5.75 Å². The molecule has 2 heteroatoms.